The fraction of sp³-hybridized carbons (Fsp3) is 0.533. The van der Waals surface area contributed by atoms with Gasteiger partial charge in [0.15, 0.2) is 0 Å². The lowest BCUT2D eigenvalue weighted by molar-refractivity contribution is -0.127. The zero-order valence-electron chi connectivity index (χ0n) is 12.7. The van der Waals surface area contributed by atoms with Crippen molar-refractivity contribution in [1.82, 2.24) is 4.90 Å². The summed E-state index contributed by atoms with van der Waals surface area (Å²) in [5.74, 6) is 1.33. The molecule has 5 heteroatoms. The first-order chi connectivity index (χ1) is 9.23. The number of thioether (sulfide) groups is 1. The third-order valence-corrected chi connectivity index (χ3v) is 4.20. The maximum absolute atomic E-state index is 12.1. The van der Waals surface area contributed by atoms with Crippen molar-refractivity contribution in [2.24, 2.45) is 0 Å². The van der Waals surface area contributed by atoms with E-state index in [2.05, 4.69) is 20.8 Å². The van der Waals surface area contributed by atoms with Crippen LogP contribution < -0.4 is 4.74 Å². The van der Waals surface area contributed by atoms with Crippen LogP contribution in [-0.2, 0) is 11.3 Å². The SMILES string of the molecule is COc1ccc(Cl)cc1CN(C)C(=O)CSC(C)(C)C. The van der Waals surface area contributed by atoms with Crippen molar-refractivity contribution in [3.63, 3.8) is 0 Å². The van der Waals surface area contributed by atoms with Gasteiger partial charge in [-0.05, 0) is 18.2 Å². The first kappa shape index (κ1) is 17.2. The first-order valence-corrected chi connectivity index (χ1v) is 7.79. The second-order valence-electron chi connectivity index (χ2n) is 5.61. The predicted molar refractivity (Wildman–Crippen MR) is 86.7 cm³/mol. The van der Waals surface area contributed by atoms with Crippen molar-refractivity contribution < 1.29 is 9.53 Å². The van der Waals surface area contributed by atoms with Gasteiger partial charge in [0, 0.05) is 28.9 Å². The Kier molecular flexibility index (Phi) is 6.21. The Morgan fingerprint density at radius 2 is 2.05 bits per heavy atom. The second-order valence-corrected chi connectivity index (χ2v) is 7.85. The molecule has 0 aliphatic carbocycles. The number of amides is 1. The fourth-order valence-corrected chi connectivity index (χ4v) is 2.57. The van der Waals surface area contributed by atoms with E-state index in [1.165, 1.54) is 0 Å². The molecule has 0 N–H and O–H groups in total. The highest BCUT2D eigenvalue weighted by molar-refractivity contribution is 8.01. The molecule has 1 rings (SSSR count). The van der Waals surface area contributed by atoms with Crippen LogP contribution >= 0.6 is 23.4 Å². The molecule has 1 amide bonds. The lowest BCUT2D eigenvalue weighted by atomic mass is 10.2. The molecule has 1 aromatic rings. The van der Waals surface area contributed by atoms with Gasteiger partial charge in [0.05, 0.1) is 12.9 Å². The highest BCUT2D eigenvalue weighted by Gasteiger charge is 2.17. The second kappa shape index (κ2) is 7.23. The smallest absolute Gasteiger partial charge is 0.232 e. The van der Waals surface area contributed by atoms with Crippen LogP contribution in [0.3, 0.4) is 0 Å². The maximum atomic E-state index is 12.1. The van der Waals surface area contributed by atoms with Crippen LogP contribution in [0.5, 0.6) is 5.75 Å². The summed E-state index contributed by atoms with van der Waals surface area (Å²) in [6.07, 6.45) is 0. The van der Waals surface area contributed by atoms with Crippen LogP contribution in [0.4, 0.5) is 0 Å². The van der Waals surface area contributed by atoms with E-state index in [4.69, 9.17) is 16.3 Å². The highest BCUT2D eigenvalue weighted by atomic mass is 35.5. The average molecular weight is 316 g/mol. The van der Waals surface area contributed by atoms with Crippen LogP contribution in [0.2, 0.25) is 5.02 Å². The molecule has 0 unspecified atom stereocenters. The maximum Gasteiger partial charge on any atom is 0.232 e. The normalized spacial score (nSPS) is 11.3. The van der Waals surface area contributed by atoms with Crippen LogP contribution in [0.1, 0.15) is 26.3 Å². The summed E-state index contributed by atoms with van der Waals surface area (Å²) in [5.41, 5.74) is 0.914. The van der Waals surface area contributed by atoms with E-state index in [0.717, 1.165) is 11.3 Å². The van der Waals surface area contributed by atoms with Gasteiger partial charge in [-0.1, -0.05) is 32.4 Å². The summed E-state index contributed by atoms with van der Waals surface area (Å²) in [7, 11) is 3.41. The number of nitrogens with zero attached hydrogens (tertiary/aromatic N) is 1. The zero-order chi connectivity index (χ0) is 15.3. The largest absolute Gasteiger partial charge is 0.496 e. The minimum atomic E-state index is 0.0875. The predicted octanol–water partition coefficient (Wildman–Crippen LogP) is 3.84. The molecule has 0 bridgehead atoms. The molecule has 0 aromatic heterocycles. The van der Waals surface area contributed by atoms with Crippen molar-refractivity contribution in [3.05, 3.63) is 28.8 Å². The molecule has 0 saturated carbocycles. The molecular weight excluding hydrogens is 294 g/mol. The zero-order valence-corrected chi connectivity index (χ0v) is 14.3. The third kappa shape index (κ3) is 5.63. The minimum Gasteiger partial charge on any atom is -0.496 e. The quantitative estimate of drug-likeness (QED) is 0.827. The van der Waals surface area contributed by atoms with Crippen LogP contribution in [-0.4, -0.2) is 35.5 Å². The van der Waals surface area contributed by atoms with Crippen LogP contribution in [0, 0.1) is 0 Å². The molecule has 112 valence electrons. The van der Waals surface area contributed by atoms with E-state index in [0.29, 0.717) is 17.3 Å². The number of hydrogen-bond donors (Lipinski definition) is 0. The van der Waals surface area contributed by atoms with E-state index in [1.54, 1.807) is 36.9 Å². The summed E-state index contributed by atoms with van der Waals surface area (Å²) in [6.45, 7) is 6.80. The molecule has 1 aromatic carbocycles. The molecule has 0 heterocycles. The Labute approximate surface area is 130 Å². The van der Waals surface area contributed by atoms with Crippen molar-refractivity contribution in [2.75, 3.05) is 19.9 Å². The molecule has 0 atom stereocenters. The lowest BCUT2D eigenvalue weighted by Crippen LogP contribution is -2.29. The summed E-state index contributed by atoms with van der Waals surface area (Å²) in [6, 6.07) is 5.43. The number of ether oxygens (including phenoxy) is 1. The molecular formula is C15H22ClNO2S. The Balaban J connectivity index is 2.68. The molecule has 0 spiro atoms. The van der Waals surface area contributed by atoms with Crippen molar-refractivity contribution in [3.8, 4) is 5.75 Å². The molecule has 20 heavy (non-hydrogen) atoms. The summed E-state index contributed by atoms with van der Waals surface area (Å²) < 4.78 is 5.38. The van der Waals surface area contributed by atoms with E-state index < -0.39 is 0 Å². The number of halogens is 1. The molecule has 0 aliphatic heterocycles. The number of methoxy groups -OCH3 is 1. The van der Waals surface area contributed by atoms with Gasteiger partial charge < -0.3 is 9.64 Å². The van der Waals surface area contributed by atoms with Gasteiger partial charge in [-0.25, -0.2) is 0 Å². The molecule has 0 radical (unpaired) electrons. The molecule has 0 saturated heterocycles. The van der Waals surface area contributed by atoms with Gasteiger partial charge in [0.2, 0.25) is 5.91 Å². The third-order valence-electron chi connectivity index (χ3n) is 2.70. The Hall–Kier alpha value is -0.870. The number of benzene rings is 1. The van der Waals surface area contributed by atoms with Crippen molar-refractivity contribution >= 4 is 29.3 Å². The summed E-state index contributed by atoms with van der Waals surface area (Å²) >= 11 is 7.64. The van der Waals surface area contributed by atoms with E-state index in [9.17, 15) is 4.79 Å². The van der Waals surface area contributed by atoms with Gasteiger partial charge in [0.25, 0.3) is 0 Å². The molecule has 3 nitrogen and oxygen atoms in total. The minimum absolute atomic E-state index is 0.0875. The van der Waals surface area contributed by atoms with Crippen LogP contribution in [0.25, 0.3) is 0 Å². The van der Waals surface area contributed by atoms with Gasteiger partial charge in [-0.3, -0.25) is 4.79 Å². The Morgan fingerprint density at radius 1 is 1.40 bits per heavy atom. The lowest BCUT2D eigenvalue weighted by Gasteiger charge is -2.22. The first-order valence-electron chi connectivity index (χ1n) is 6.43. The number of carbonyl (C=O) groups excluding carboxylic acids is 1. The van der Waals surface area contributed by atoms with Gasteiger partial charge in [0.1, 0.15) is 5.75 Å². The molecule has 0 fully saturated rings. The topological polar surface area (TPSA) is 29.5 Å². The monoisotopic (exact) mass is 315 g/mol. The number of rotatable bonds is 5. The van der Waals surface area contributed by atoms with E-state index in [1.807, 2.05) is 12.1 Å². The number of carbonyl (C=O) groups is 1. The van der Waals surface area contributed by atoms with E-state index in [-0.39, 0.29) is 10.7 Å². The van der Waals surface area contributed by atoms with Gasteiger partial charge in [-0.2, -0.15) is 0 Å². The standard InChI is InChI=1S/C15H22ClNO2S/c1-15(2,3)20-10-14(18)17(4)9-11-8-12(16)6-7-13(11)19-5/h6-8H,9-10H2,1-5H3. The molecule has 0 aliphatic rings. The van der Waals surface area contributed by atoms with Crippen LogP contribution in [0.15, 0.2) is 18.2 Å². The van der Waals surface area contributed by atoms with E-state index >= 15 is 0 Å². The van der Waals surface area contributed by atoms with Gasteiger partial charge >= 0.3 is 0 Å². The summed E-state index contributed by atoms with van der Waals surface area (Å²) in [5, 5.41) is 0.644. The fourth-order valence-electron chi connectivity index (χ4n) is 1.60. The van der Waals surface area contributed by atoms with Crippen molar-refractivity contribution in [2.45, 2.75) is 32.1 Å². The Bertz CT molecular complexity index is 471. The average Bonchev–Trinajstić information content (AvgIpc) is 2.35. The number of hydrogen-bond acceptors (Lipinski definition) is 3. The summed E-state index contributed by atoms with van der Waals surface area (Å²) in [4.78, 5) is 13.8. The highest BCUT2D eigenvalue weighted by Crippen LogP contribution is 2.25. The van der Waals surface area contributed by atoms with Gasteiger partial charge in [-0.15, -0.1) is 11.8 Å². The van der Waals surface area contributed by atoms with Crippen molar-refractivity contribution in [1.29, 1.82) is 0 Å². The Morgan fingerprint density at radius 3 is 2.60 bits per heavy atom.